The molecule has 0 aromatic heterocycles. The molecule has 7 heteroatoms. The summed E-state index contributed by atoms with van der Waals surface area (Å²) in [6, 6.07) is 5.23. The van der Waals surface area contributed by atoms with Crippen molar-refractivity contribution in [2.75, 3.05) is 5.32 Å². The molecule has 0 unspecified atom stereocenters. The number of fused-ring (bicyclic) bond motifs is 4. The number of hydrogen-bond acceptors (Lipinski definition) is 3. The first-order valence-electron chi connectivity index (χ1n) is 9.84. The van der Waals surface area contributed by atoms with Gasteiger partial charge in [0.25, 0.3) is 5.91 Å². The van der Waals surface area contributed by atoms with Gasteiger partial charge < -0.3 is 10.6 Å². The molecule has 3 amide bonds. The molecule has 3 aliphatic rings. The summed E-state index contributed by atoms with van der Waals surface area (Å²) in [5.74, 6) is -1.56. The Kier molecular flexibility index (Phi) is 4.18. The smallest absolute Gasteiger partial charge is 0.291 e. The molecule has 3 aliphatic heterocycles. The first-order chi connectivity index (χ1) is 13.0. The third-order valence-corrected chi connectivity index (χ3v) is 6.58. The molecule has 2 fully saturated rings. The number of nitrogens with two attached hydrogens (primary N) is 1. The standard InChI is InChI=1S/C21H26ClN3O3/c1-10(2)9-13-14-15(18(27)25(17(14)26)20(3,4)5)21(24-13)11-7-6-8-12(22)16(11)23-19(21)28/h6-8,10,13-15,24H,9H2,1-5H3,(H,23,28)/p+1/t13-,14-,15+,21+/m1/s1. The monoisotopic (exact) mass is 404 g/mol. The molecule has 28 heavy (non-hydrogen) atoms. The molecule has 150 valence electrons. The third-order valence-electron chi connectivity index (χ3n) is 6.27. The first kappa shape index (κ1) is 19.4. The Hall–Kier alpha value is -1.92. The second-order valence-electron chi connectivity index (χ2n) is 9.63. The van der Waals surface area contributed by atoms with Crippen LogP contribution in [0.25, 0.3) is 0 Å². The van der Waals surface area contributed by atoms with E-state index in [4.69, 9.17) is 11.6 Å². The third kappa shape index (κ3) is 2.40. The fourth-order valence-electron chi connectivity index (χ4n) is 5.38. The van der Waals surface area contributed by atoms with Gasteiger partial charge in [0.1, 0.15) is 17.9 Å². The number of para-hydroxylation sites is 1. The Morgan fingerprint density at radius 2 is 1.89 bits per heavy atom. The average Bonchev–Trinajstić information content (AvgIpc) is 3.13. The number of benzene rings is 1. The van der Waals surface area contributed by atoms with E-state index in [1.165, 1.54) is 4.90 Å². The minimum atomic E-state index is -1.14. The largest absolute Gasteiger partial charge is 0.326 e. The molecule has 0 saturated carbocycles. The maximum atomic E-state index is 13.5. The molecule has 1 spiro atoms. The molecule has 2 saturated heterocycles. The number of nitrogens with one attached hydrogen (secondary N) is 1. The van der Waals surface area contributed by atoms with Gasteiger partial charge in [-0.15, -0.1) is 0 Å². The molecule has 0 aliphatic carbocycles. The highest BCUT2D eigenvalue weighted by Gasteiger charge is 2.75. The van der Waals surface area contributed by atoms with Crippen molar-refractivity contribution < 1.29 is 19.7 Å². The van der Waals surface area contributed by atoms with Gasteiger partial charge in [-0.1, -0.05) is 31.5 Å². The number of hydrogen-bond donors (Lipinski definition) is 2. The van der Waals surface area contributed by atoms with E-state index < -0.39 is 22.9 Å². The van der Waals surface area contributed by atoms with Crippen molar-refractivity contribution in [1.29, 1.82) is 0 Å². The maximum absolute atomic E-state index is 13.5. The molecule has 0 bridgehead atoms. The van der Waals surface area contributed by atoms with Gasteiger partial charge in [-0.25, -0.2) is 0 Å². The quantitative estimate of drug-likeness (QED) is 0.738. The van der Waals surface area contributed by atoms with Crippen LogP contribution in [0.5, 0.6) is 0 Å². The van der Waals surface area contributed by atoms with Crippen LogP contribution in [0.3, 0.4) is 0 Å². The molecule has 1 aromatic carbocycles. The number of imide groups is 1. The Labute approximate surface area is 170 Å². The molecule has 3 N–H and O–H groups in total. The molecular formula is C21H27ClN3O3+. The highest BCUT2D eigenvalue weighted by atomic mass is 35.5. The topological polar surface area (TPSA) is 83.1 Å². The van der Waals surface area contributed by atoms with Crippen molar-refractivity contribution in [2.24, 2.45) is 17.8 Å². The van der Waals surface area contributed by atoms with Crippen molar-refractivity contribution in [2.45, 2.75) is 58.2 Å². The SMILES string of the molecule is CC(C)C[C@H]1[NH2+][C@]2(C(=O)Nc3c(Cl)cccc32)[C@@H]2C(=O)N(C(C)(C)C)C(=O)[C@@H]21. The summed E-state index contributed by atoms with van der Waals surface area (Å²) in [5.41, 5.74) is -0.502. The molecular weight excluding hydrogens is 378 g/mol. The van der Waals surface area contributed by atoms with E-state index in [2.05, 4.69) is 19.2 Å². The van der Waals surface area contributed by atoms with Crippen molar-refractivity contribution in [1.82, 2.24) is 4.90 Å². The average molecular weight is 405 g/mol. The molecule has 1 aromatic rings. The van der Waals surface area contributed by atoms with Crippen LogP contribution < -0.4 is 10.6 Å². The number of nitrogens with zero attached hydrogens (tertiary/aromatic N) is 1. The second-order valence-corrected chi connectivity index (χ2v) is 10.0. The van der Waals surface area contributed by atoms with Crippen molar-refractivity contribution in [3.05, 3.63) is 28.8 Å². The van der Waals surface area contributed by atoms with Crippen molar-refractivity contribution in [3.63, 3.8) is 0 Å². The predicted molar refractivity (Wildman–Crippen MR) is 106 cm³/mol. The highest BCUT2D eigenvalue weighted by Crippen LogP contribution is 2.52. The fraction of sp³-hybridized carbons (Fsp3) is 0.571. The van der Waals surface area contributed by atoms with E-state index in [-0.39, 0.29) is 23.8 Å². The Balaban J connectivity index is 1.91. The van der Waals surface area contributed by atoms with Gasteiger partial charge in [0.05, 0.1) is 10.7 Å². The lowest BCUT2D eigenvalue weighted by atomic mass is 9.76. The van der Waals surface area contributed by atoms with Crippen LogP contribution in [-0.4, -0.2) is 34.2 Å². The number of anilines is 1. The number of quaternary nitrogens is 1. The summed E-state index contributed by atoms with van der Waals surface area (Å²) in [6.45, 7) is 9.76. The Morgan fingerprint density at radius 1 is 1.21 bits per heavy atom. The number of carbonyl (C=O) groups is 3. The molecule has 6 nitrogen and oxygen atoms in total. The van der Waals surface area contributed by atoms with Crippen molar-refractivity contribution in [3.8, 4) is 0 Å². The van der Waals surface area contributed by atoms with Gasteiger partial charge in [-0.2, -0.15) is 0 Å². The van der Waals surface area contributed by atoms with E-state index in [1.54, 1.807) is 12.1 Å². The number of carbonyl (C=O) groups excluding carboxylic acids is 3. The van der Waals surface area contributed by atoms with Crippen LogP contribution in [0.15, 0.2) is 18.2 Å². The van der Waals surface area contributed by atoms with Crippen LogP contribution in [0.4, 0.5) is 5.69 Å². The summed E-state index contributed by atoms with van der Waals surface area (Å²) in [6.07, 6.45) is 0.753. The maximum Gasteiger partial charge on any atom is 0.291 e. The summed E-state index contributed by atoms with van der Waals surface area (Å²) in [7, 11) is 0. The van der Waals surface area contributed by atoms with Gasteiger partial charge in [0.15, 0.2) is 0 Å². The van der Waals surface area contributed by atoms with Gasteiger partial charge in [-0.3, -0.25) is 19.3 Å². The van der Waals surface area contributed by atoms with E-state index in [9.17, 15) is 14.4 Å². The zero-order chi connectivity index (χ0) is 20.6. The minimum absolute atomic E-state index is 0.135. The van der Waals surface area contributed by atoms with Crippen molar-refractivity contribution >= 4 is 35.0 Å². The van der Waals surface area contributed by atoms with Gasteiger partial charge in [0, 0.05) is 17.5 Å². The summed E-state index contributed by atoms with van der Waals surface area (Å²) in [4.78, 5) is 41.6. The summed E-state index contributed by atoms with van der Waals surface area (Å²) < 4.78 is 0. The second kappa shape index (κ2) is 6.04. The zero-order valence-corrected chi connectivity index (χ0v) is 17.6. The lowest BCUT2D eigenvalue weighted by molar-refractivity contribution is -0.734. The van der Waals surface area contributed by atoms with Gasteiger partial charge in [-0.05, 0) is 38.8 Å². The van der Waals surface area contributed by atoms with Gasteiger partial charge >= 0.3 is 0 Å². The zero-order valence-electron chi connectivity index (χ0n) is 16.9. The number of likely N-dealkylation sites (tertiary alicyclic amines) is 1. The van der Waals surface area contributed by atoms with E-state index >= 15 is 0 Å². The predicted octanol–water partition coefficient (Wildman–Crippen LogP) is 1.88. The molecule has 0 radical (unpaired) electrons. The fourth-order valence-corrected chi connectivity index (χ4v) is 5.60. The lowest BCUT2D eigenvalue weighted by Crippen LogP contribution is -2.99. The number of halogens is 1. The van der Waals surface area contributed by atoms with Crippen LogP contribution in [-0.2, 0) is 19.9 Å². The summed E-state index contributed by atoms with van der Waals surface area (Å²) in [5, 5.41) is 5.31. The van der Waals surface area contributed by atoms with E-state index in [1.807, 2.05) is 32.2 Å². The summed E-state index contributed by atoms with van der Waals surface area (Å²) >= 11 is 6.34. The normalized spacial score (nSPS) is 31.8. The number of amides is 3. The van der Waals surface area contributed by atoms with Crippen LogP contribution in [0.1, 0.15) is 46.6 Å². The number of rotatable bonds is 2. The Bertz CT molecular complexity index is 891. The lowest BCUT2D eigenvalue weighted by Gasteiger charge is -2.33. The highest BCUT2D eigenvalue weighted by molar-refractivity contribution is 6.35. The molecule has 4 atom stereocenters. The van der Waals surface area contributed by atoms with E-state index in [0.717, 1.165) is 6.42 Å². The Morgan fingerprint density at radius 3 is 2.50 bits per heavy atom. The molecule has 4 rings (SSSR count). The van der Waals surface area contributed by atoms with Gasteiger partial charge in [0.2, 0.25) is 17.4 Å². The minimum Gasteiger partial charge on any atom is -0.326 e. The first-order valence-corrected chi connectivity index (χ1v) is 10.2. The van der Waals surface area contributed by atoms with E-state index in [0.29, 0.717) is 22.2 Å². The van der Waals surface area contributed by atoms with Crippen LogP contribution >= 0.6 is 11.6 Å². The van der Waals surface area contributed by atoms with Crippen LogP contribution in [0.2, 0.25) is 5.02 Å². The van der Waals surface area contributed by atoms with Crippen LogP contribution in [0, 0.1) is 17.8 Å². The molecule has 3 heterocycles.